The lowest BCUT2D eigenvalue weighted by atomic mass is 10.2. The Morgan fingerprint density at radius 1 is 1.43 bits per heavy atom. The molecule has 2 atom stereocenters. The normalized spacial score (nSPS) is 27.4. The van der Waals surface area contributed by atoms with Gasteiger partial charge in [-0.25, -0.2) is 0 Å². The van der Waals surface area contributed by atoms with Gasteiger partial charge < -0.3 is 14.7 Å². The Morgan fingerprint density at radius 3 is 2.79 bits per heavy atom. The largest absolute Gasteiger partial charge is 0.394 e. The molecule has 0 aliphatic carbocycles. The maximum atomic E-state index is 8.89. The molecule has 1 saturated heterocycles. The predicted octanol–water partition coefficient (Wildman–Crippen LogP) is 1.17. The van der Waals surface area contributed by atoms with E-state index in [0.717, 1.165) is 25.1 Å². The van der Waals surface area contributed by atoms with Gasteiger partial charge in [0.05, 0.1) is 12.7 Å². The van der Waals surface area contributed by atoms with Crippen molar-refractivity contribution in [2.24, 2.45) is 0 Å². The van der Waals surface area contributed by atoms with E-state index in [-0.39, 0.29) is 12.7 Å². The lowest BCUT2D eigenvalue weighted by molar-refractivity contribution is 0.0462. The van der Waals surface area contributed by atoms with E-state index in [9.17, 15) is 0 Å². The Morgan fingerprint density at radius 2 is 2.21 bits per heavy atom. The number of hydrogen-bond acceptors (Lipinski definition) is 4. The summed E-state index contributed by atoms with van der Waals surface area (Å²) in [6.07, 6.45) is 3.42. The summed E-state index contributed by atoms with van der Waals surface area (Å²) < 4.78 is 5.62. The molecule has 1 fully saturated rings. The van der Waals surface area contributed by atoms with Crippen LogP contribution in [0.25, 0.3) is 0 Å². The van der Waals surface area contributed by atoms with Crippen LogP contribution in [-0.2, 0) is 4.74 Å². The van der Waals surface area contributed by atoms with Gasteiger partial charge in [0.2, 0.25) is 0 Å². The number of nitrogens with zero attached hydrogens (tertiary/aromatic N) is 1. The third-order valence-corrected chi connectivity index (χ3v) is 3.57. The smallest absolute Gasteiger partial charge is 0.103 e. The standard InChI is InChI=1S/C10H21NO2S/c1-11(2)6-3-7-14-10-5-4-9(8-12)13-10/h9-10,12H,3-8H2,1-2H3. The molecule has 2 unspecified atom stereocenters. The van der Waals surface area contributed by atoms with E-state index in [0.29, 0.717) is 5.44 Å². The van der Waals surface area contributed by atoms with Crippen LogP contribution in [0.4, 0.5) is 0 Å². The van der Waals surface area contributed by atoms with Gasteiger partial charge >= 0.3 is 0 Å². The Labute approximate surface area is 90.8 Å². The Balaban J connectivity index is 1.97. The van der Waals surface area contributed by atoms with E-state index in [4.69, 9.17) is 9.84 Å². The fourth-order valence-electron chi connectivity index (χ4n) is 1.53. The molecule has 4 heteroatoms. The molecule has 0 aromatic heterocycles. The van der Waals surface area contributed by atoms with Gasteiger partial charge in [0, 0.05) is 0 Å². The van der Waals surface area contributed by atoms with Crippen molar-refractivity contribution in [1.82, 2.24) is 4.90 Å². The molecule has 0 spiro atoms. The number of thioether (sulfide) groups is 1. The van der Waals surface area contributed by atoms with Crippen molar-refractivity contribution < 1.29 is 9.84 Å². The molecule has 1 N–H and O–H groups in total. The molecule has 84 valence electrons. The molecule has 0 saturated carbocycles. The molecule has 14 heavy (non-hydrogen) atoms. The summed E-state index contributed by atoms with van der Waals surface area (Å²) in [6.45, 7) is 1.32. The van der Waals surface area contributed by atoms with E-state index in [1.807, 2.05) is 11.8 Å². The highest BCUT2D eigenvalue weighted by atomic mass is 32.2. The molecule has 0 amide bonds. The first-order chi connectivity index (χ1) is 6.72. The number of ether oxygens (including phenoxy) is 1. The van der Waals surface area contributed by atoms with Crippen LogP contribution in [0, 0.1) is 0 Å². The minimum absolute atomic E-state index is 0.0985. The molecule has 0 aromatic carbocycles. The Hall–Kier alpha value is 0.230. The zero-order valence-corrected chi connectivity index (χ0v) is 9.92. The molecule has 1 rings (SSSR count). The topological polar surface area (TPSA) is 32.7 Å². The summed E-state index contributed by atoms with van der Waals surface area (Å²) in [4.78, 5) is 2.20. The minimum atomic E-state index is 0.0985. The zero-order chi connectivity index (χ0) is 10.4. The quantitative estimate of drug-likeness (QED) is 0.680. The van der Waals surface area contributed by atoms with Gasteiger partial charge in [-0.05, 0) is 45.7 Å². The van der Waals surface area contributed by atoms with Crippen molar-refractivity contribution in [2.75, 3.05) is 33.0 Å². The van der Waals surface area contributed by atoms with E-state index >= 15 is 0 Å². The summed E-state index contributed by atoms with van der Waals surface area (Å²) in [5.74, 6) is 1.15. The van der Waals surface area contributed by atoms with Crippen LogP contribution in [0.3, 0.4) is 0 Å². The lowest BCUT2D eigenvalue weighted by Crippen LogP contribution is -2.15. The second kappa shape index (κ2) is 6.67. The van der Waals surface area contributed by atoms with Crippen molar-refractivity contribution in [1.29, 1.82) is 0 Å². The monoisotopic (exact) mass is 219 g/mol. The Kier molecular flexibility index (Phi) is 5.86. The average molecular weight is 219 g/mol. The lowest BCUT2D eigenvalue weighted by Gasteiger charge is -2.13. The molecule has 0 aromatic rings. The van der Waals surface area contributed by atoms with Crippen molar-refractivity contribution >= 4 is 11.8 Å². The van der Waals surface area contributed by atoms with Gasteiger partial charge in [0.25, 0.3) is 0 Å². The van der Waals surface area contributed by atoms with Crippen LogP contribution >= 0.6 is 11.8 Å². The fourth-order valence-corrected chi connectivity index (χ4v) is 2.62. The van der Waals surface area contributed by atoms with Gasteiger partial charge in [-0.1, -0.05) is 0 Å². The van der Waals surface area contributed by atoms with E-state index in [1.165, 1.54) is 6.42 Å². The van der Waals surface area contributed by atoms with Crippen LogP contribution in [0.1, 0.15) is 19.3 Å². The summed E-state index contributed by atoms with van der Waals surface area (Å²) in [5, 5.41) is 8.89. The second-order valence-electron chi connectivity index (χ2n) is 3.98. The third-order valence-electron chi connectivity index (χ3n) is 2.33. The SMILES string of the molecule is CN(C)CCCSC1CCC(CO)O1. The van der Waals surface area contributed by atoms with Gasteiger partial charge in [-0.2, -0.15) is 0 Å². The zero-order valence-electron chi connectivity index (χ0n) is 9.11. The fraction of sp³-hybridized carbons (Fsp3) is 1.00. The molecular weight excluding hydrogens is 198 g/mol. The van der Waals surface area contributed by atoms with Gasteiger partial charge in [0.1, 0.15) is 5.44 Å². The van der Waals surface area contributed by atoms with E-state index in [1.54, 1.807) is 0 Å². The molecule has 1 aliphatic heterocycles. The van der Waals surface area contributed by atoms with Crippen molar-refractivity contribution in [3.8, 4) is 0 Å². The number of aliphatic hydroxyl groups is 1. The van der Waals surface area contributed by atoms with Gasteiger partial charge in [-0.3, -0.25) is 0 Å². The molecular formula is C10H21NO2S. The van der Waals surface area contributed by atoms with Crippen molar-refractivity contribution in [3.05, 3.63) is 0 Å². The molecule has 1 heterocycles. The first-order valence-electron chi connectivity index (χ1n) is 5.25. The minimum Gasteiger partial charge on any atom is -0.394 e. The molecule has 0 bridgehead atoms. The summed E-state index contributed by atoms with van der Waals surface area (Å²) >= 11 is 1.89. The maximum Gasteiger partial charge on any atom is 0.103 e. The van der Waals surface area contributed by atoms with Crippen molar-refractivity contribution in [2.45, 2.75) is 30.8 Å². The van der Waals surface area contributed by atoms with Gasteiger partial charge in [0.15, 0.2) is 0 Å². The molecule has 3 nitrogen and oxygen atoms in total. The number of hydrogen-bond donors (Lipinski definition) is 1. The Bertz CT molecular complexity index is 155. The number of rotatable bonds is 6. The predicted molar refractivity (Wildman–Crippen MR) is 60.6 cm³/mol. The highest BCUT2D eigenvalue weighted by molar-refractivity contribution is 7.99. The average Bonchev–Trinajstić information content (AvgIpc) is 2.60. The molecule has 0 radical (unpaired) electrons. The number of aliphatic hydroxyl groups excluding tert-OH is 1. The van der Waals surface area contributed by atoms with Gasteiger partial charge in [-0.15, -0.1) is 11.8 Å². The highest BCUT2D eigenvalue weighted by Crippen LogP contribution is 2.28. The van der Waals surface area contributed by atoms with Crippen LogP contribution < -0.4 is 0 Å². The van der Waals surface area contributed by atoms with Crippen LogP contribution in [0.5, 0.6) is 0 Å². The van der Waals surface area contributed by atoms with Crippen LogP contribution in [0.15, 0.2) is 0 Å². The summed E-state index contributed by atoms with van der Waals surface area (Å²) in [7, 11) is 4.19. The summed E-state index contributed by atoms with van der Waals surface area (Å²) in [5.41, 5.74) is 0.328. The third kappa shape index (κ3) is 4.64. The van der Waals surface area contributed by atoms with E-state index in [2.05, 4.69) is 19.0 Å². The van der Waals surface area contributed by atoms with Crippen LogP contribution in [0.2, 0.25) is 0 Å². The highest BCUT2D eigenvalue weighted by Gasteiger charge is 2.24. The second-order valence-corrected chi connectivity index (χ2v) is 5.24. The summed E-state index contributed by atoms with van der Waals surface area (Å²) in [6, 6.07) is 0. The van der Waals surface area contributed by atoms with E-state index < -0.39 is 0 Å². The van der Waals surface area contributed by atoms with Crippen LogP contribution in [-0.4, -0.2) is 54.5 Å². The maximum absolute atomic E-state index is 8.89. The first kappa shape index (κ1) is 12.3. The molecule has 1 aliphatic rings. The first-order valence-corrected chi connectivity index (χ1v) is 6.30. The van der Waals surface area contributed by atoms with Crippen molar-refractivity contribution in [3.63, 3.8) is 0 Å².